The average molecular weight is 335 g/mol. The lowest BCUT2D eigenvalue weighted by Crippen LogP contribution is -2.36. The number of imide groups is 1. The van der Waals surface area contributed by atoms with Crippen molar-refractivity contribution >= 4 is 29.0 Å². The van der Waals surface area contributed by atoms with Crippen LogP contribution in [0.25, 0.3) is 6.08 Å². The van der Waals surface area contributed by atoms with Gasteiger partial charge < -0.3 is 9.47 Å². The molecular formula is C17H21NO4S. The van der Waals surface area contributed by atoms with Crippen molar-refractivity contribution in [1.82, 2.24) is 4.90 Å². The molecule has 0 aromatic heterocycles. The Labute approximate surface area is 140 Å². The second-order valence-corrected chi connectivity index (χ2v) is 6.15. The lowest BCUT2D eigenvalue weighted by atomic mass is 10.1. The Balaban J connectivity index is 2.28. The number of benzene rings is 1. The van der Waals surface area contributed by atoms with Gasteiger partial charge >= 0.3 is 0 Å². The van der Waals surface area contributed by atoms with Crippen LogP contribution in [0.4, 0.5) is 4.79 Å². The van der Waals surface area contributed by atoms with Crippen LogP contribution in [0.5, 0.6) is 11.5 Å². The van der Waals surface area contributed by atoms with Gasteiger partial charge in [0.2, 0.25) is 0 Å². The number of thioether (sulfide) groups is 1. The molecule has 1 heterocycles. The van der Waals surface area contributed by atoms with Gasteiger partial charge in [0.15, 0.2) is 11.5 Å². The molecule has 1 aromatic rings. The molecule has 1 fully saturated rings. The third-order valence-electron chi connectivity index (χ3n) is 3.64. The summed E-state index contributed by atoms with van der Waals surface area (Å²) in [6, 6.07) is 5.34. The number of amides is 2. The van der Waals surface area contributed by atoms with Gasteiger partial charge in [-0.25, -0.2) is 0 Å². The van der Waals surface area contributed by atoms with E-state index in [-0.39, 0.29) is 17.2 Å². The fourth-order valence-corrected chi connectivity index (χ4v) is 3.17. The number of ether oxygens (including phenoxy) is 2. The van der Waals surface area contributed by atoms with E-state index in [2.05, 4.69) is 0 Å². The van der Waals surface area contributed by atoms with Crippen molar-refractivity contribution in [2.45, 2.75) is 33.2 Å². The maximum absolute atomic E-state index is 12.4. The smallest absolute Gasteiger partial charge is 0.293 e. The van der Waals surface area contributed by atoms with Gasteiger partial charge in [-0.15, -0.1) is 0 Å². The highest BCUT2D eigenvalue weighted by Gasteiger charge is 2.37. The molecule has 0 saturated carbocycles. The lowest BCUT2D eigenvalue weighted by Gasteiger charge is -2.19. The molecule has 1 unspecified atom stereocenters. The SMILES string of the molecule is CCOc1ccc(/C=C2\SC(=O)N(C(C)CC)C2=O)cc1OC. The predicted molar refractivity (Wildman–Crippen MR) is 91.7 cm³/mol. The molecular weight excluding hydrogens is 314 g/mol. The number of rotatable bonds is 6. The molecule has 0 spiro atoms. The number of hydrogen-bond acceptors (Lipinski definition) is 5. The van der Waals surface area contributed by atoms with Gasteiger partial charge in [-0.1, -0.05) is 13.0 Å². The summed E-state index contributed by atoms with van der Waals surface area (Å²) in [5.41, 5.74) is 0.792. The number of carbonyl (C=O) groups is 2. The largest absolute Gasteiger partial charge is 0.493 e. The molecule has 124 valence electrons. The fourth-order valence-electron chi connectivity index (χ4n) is 2.24. The third kappa shape index (κ3) is 3.69. The Morgan fingerprint density at radius 2 is 2.00 bits per heavy atom. The Bertz CT molecular complexity index is 641. The molecule has 1 saturated heterocycles. The maximum atomic E-state index is 12.4. The zero-order valence-corrected chi connectivity index (χ0v) is 14.6. The van der Waals surface area contributed by atoms with E-state index in [1.807, 2.05) is 26.8 Å². The van der Waals surface area contributed by atoms with Crippen LogP contribution in [0.15, 0.2) is 23.1 Å². The quantitative estimate of drug-likeness (QED) is 0.737. The highest BCUT2D eigenvalue weighted by Crippen LogP contribution is 2.35. The minimum Gasteiger partial charge on any atom is -0.493 e. The molecule has 1 aromatic carbocycles. The molecule has 0 bridgehead atoms. The van der Waals surface area contributed by atoms with E-state index >= 15 is 0 Å². The zero-order chi connectivity index (χ0) is 17.0. The Morgan fingerprint density at radius 1 is 1.26 bits per heavy atom. The minimum absolute atomic E-state index is 0.0942. The summed E-state index contributed by atoms with van der Waals surface area (Å²) in [4.78, 5) is 26.2. The van der Waals surface area contributed by atoms with Gasteiger partial charge in [0, 0.05) is 6.04 Å². The fraction of sp³-hybridized carbons (Fsp3) is 0.412. The first-order chi connectivity index (χ1) is 11.0. The number of nitrogens with zero attached hydrogens (tertiary/aromatic N) is 1. The first kappa shape index (κ1) is 17.4. The number of carbonyl (C=O) groups excluding carboxylic acids is 2. The molecule has 6 heteroatoms. The van der Waals surface area contributed by atoms with E-state index < -0.39 is 0 Å². The second kappa shape index (κ2) is 7.55. The van der Waals surface area contributed by atoms with E-state index in [1.54, 1.807) is 25.3 Å². The monoisotopic (exact) mass is 335 g/mol. The van der Waals surface area contributed by atoms with Crippen LogP contribution in [-0.2, 0) is 4.79 Å². The molecule has 0 aliphatic carbocycles. The predicted octanol–water partition coefficient (Wildman–Crippen LogP) is 3.93. The molecule has 1 aliphatic rings. The van der Waals surface area contributed by atoms with Gasteiger partial charge in [-0.05, 0) is 55.8 Å². The van der Waals surface area contributed by atoms with Gasteiger partial charge in [-0.2, -0.15) is 0 Å². The molecule has 5 nitrogen and oxygen atoms in total. The molecule has 1 aliphatic heterocycles. The van der Waals surface area contributed by atoms with E-state index in [4.69, 9.17) is 9.47 Å². The Morgan fingerprint density at radius 3 is 2.61 bits per heavy atom. The highest BCUT2D eigenvalue weighted by atomic mass is 32.2. The summed E-state index contributed by atoms with van der Waals surface area (Å²) in [6.45, 7) is 6.27. The molecule has 2 rings (SSSR count). The number of hydrogen-bond donors (Lipinski definition) is 0. The van der Waals surface area contributed by atoms with Gasteiger partial charge in [-0.3, -0.25) is 14.5 Å². The van der Waals surface area contributed by atoms with Crippen molar-refractivity contribution in [2.24, 2.45) is 0 Å². The normalized spacial score (nSPS) is 17.7. The molecule has 1 atom stereocenters. The van der Waals surface area contributed by atoms with Crippen LogP contribution in [0.2, 0.25) is 0 Å². The van der Waals surface area contributed by atoms with Crippen LogP contribution >= 0.6 is 11.8 Å². The third-order valence-corrected chi connectivity index (χ3v) is 4.52. The van der Waals surface area contributed by atoms with E-state index in [0.29, 0.717) is 23.0 Å². The van der Waals surface area contributed by atoms with Gasteiger partial charge in [0.25, 0.3) is 11.1 Å². The van der Waals surface area contributed by atoms with E-state index in [0.717, 1.165) is 23.7 Å². The van der Waals surface area contributed by atoms with Crippen LogP contribution in [0, 0.1) is 0 Å². The van der Waals surface area contributed by atoms with Crippen molar-refractivity contribution in [3.8, 4) is 11.5 Å². The lowest BCUT2D eigenvalue weighted by molar-refractivity contribution is -0.124. The zero-order valence-electron chi connectivity index (χ0n) is 13.8. The van der Waals surface area contributed by atoms with Crippen molar-refractivity contribution in [1.29, 1.82) is 0 Å². The first-order valence-electron chi connectivity index (χ1n) is 7.59. The molecule has 2 amide bonds. The Hall–Kier alpha value is -1.95. The van der Waals surface area contributed by atoms with Crippen molar-refractivity contribution in [2.75, 3.05) is 13.7 Å². The molecule has 0 N–H and O–H groups in total. The Kier molecular flexibility index (Phi) is 5.71. The summed E-state index contributed by atoms with van der Waals surface area (Å²) >= 11 is 0.975. The molecule has 23 heavy (non-hydrogen) atoms. The summed E-state index contributed by atoms with van der Waals surface area (Å²) in [6.07, 6.45) is 2.45. The van der Waals surface area contributed by atoms with Crippen LogP contribution in [0.3, 0.4) is 0 Å². The van der Waals surface area contributed by atoms with E-state index in [9.17, 15) is 9.59 Å². The summed E-state index contributed by atoms with van der Waals surface area (Å²) in [5.74, 6) is 1.02. The van der Waals surface area contributed by atoms with Crippen molar-refractivity contribution in [3.63, 3.8) is 0 Å². The van der Waals surface area contributed by atoms with Gasteiger partial charge in [0.1, 0.15) is 0 Å². The van der Waals surface area contributed by atoms with Crippen molar-refractivity contribution < 1.29 is 19.1 Å². The minimum atomic E-state index is -0.234. The summed E-state index contributed by atoms with van der Waals surface area (Å²) in [5, 5.41) is -0.214. The summed E-state index contributed by atoms with van der Waals surface area (Å²) < 4.78 is 10.8. The summed E-state index contributed by atoms with van der Waals surface area (Å²) in [7, 11) is 1.57. The van der Waals surface area contributed by atoms with Crippen LogP contribution in [0.1, 0.15) is 32.8 Å². The van der Waals surface area contributed by atoms with Crippen molar-refractivity contribution in [3.05, 3.63) is 28.7 Å². The second-order valence-electron chi connectivity index (χ2n) is 5.15. The van der Waals surface area contributed by atoms with Gasteiger partial charge in [0.05, 0.1) is 18.6 Å². The van der Waals surface area contributed by atoms with Crippen LogP contribution in [-0.4, -0.2) is 35.8 Å². The maximum Gasteiger partial charge on any atom is 0.293 e. The van der Waals surface area contributed by atoms with E-state index in [1.165, 1.54) is 4.90 Å². The highest BCUT2D eigenvalue weighted by molar-refractivity contribution is 8.18. The number of methoxy groups -OCH3 is 1. The average Bonchev–Trinajstić information content (AvgIpc) is 2.82. The topological polar surface area (TPSA) is 55.8 Å². The van der Waals surface area contributed by atoms with Crippen LogP contribution < -0.4 is 9.47 Å². The molecule has 0 radical (unpaired) electrons. The standard InChI is InChI=1S/C17H21NO4S/c1-5-11(3)18-16(19)15(23-17(18)20)10-12-7-8-13(22-6-2)14(9-12)21-4/h7-11H,5-6H2,1-4H3/b15-10-. The first-order valence-corrected chi connectivity index (χ1v) is 8.41.